The second-order valence-corrected chi connectivity index (χ2v) is 7.09. The van der Waals surface area contributed by atoms with Gasteiger partial charge in [-0.1, -0.05) is 11.6 Å². The van der Waals surface area contributed by atoms with Gasteiger partial charge in [0.2, 0.25) is 0 Å². The SMILES string of the molecule is C[NH+](Cc1ccc(Cl)s1)Cc1cc(=O)oc2cc(O)ccc12. The molecule has 2 heterocycles. The molecular weight excluding hydrogens is 322 g/mol. The van der Waals surface area contributed by atoms with Crippen LogP contribution in [0.5, 0.6) is 5.75 Å². The molecule has 6 heteroatoms. The number of phenolic OH excluding ortho intramolecular Hbond substituents is 1. The maximum absolute atomic E-state index is 11.7. The van der Waals surface area contributed by atoms with E-state index in [9.17, 15) is 9.90 Å². The second-order valence-electron chi connectivity index (χ2n) is 5.29. The second kappa shape index (κ2) is 6.12. The summed E-state index contributed by atoms with van der Waals surface area (Å²) in [5.74, 6) is 0.0849. The molecule has 0 amide bonds. The van der Waals surface area contributed by atoms with Crippen molar-refractivity contribution >= 4 is 33.9 Å². The average Bonchev–Trinajstić information content (AvgIpc) is 2.83. The molecule has 0 aliphatic rings. The molecule has 0 bridgehead atoms. The fourth-order valence-electron chi connectivity index (χ4n) is 2.50. The lowest BCUT2D eigenvalue weighted by atomic mass is 10.1. The predicted octanol–water partition coefficient (Wildman–Crippen LogP) is 2.43. The highest BCUT2D eigenvalue weighted by Crippen LogP contribution is 2.22. The van der Waals surface area contributed by atoms with Gasteiger partial charge in [-0.2, -0.15) is 0 Å². The molecular formula is C16H15ClNO3S+. The van der Waals surface area contributed by atoms with Crippen LogP contribution < -0.4 is 10.5 Å². The largest absolute Gasteiger partial charge is 0.508 e. The average molecular weight is 337 g/mol. The summed E-state index contributed by atoms with van der Waals surface area (Å²) in [5.41, 5.74) is 0.918. The van der Waals surface area contributed by atoms with Crippen LogP contribution in [0.3, 0.4) is 0 Å². The highest BCUT2D eigenvalue weighted by Gasteiger charge is 2.12. The molecule has 0 radical (unpaired) electrons. The van der Waals surface area contributed by atoms with Crippen LogP contribution in [0.25, 0.3) is 11.0 Å². The van der Waals surface area contributed by atoms with Crippen LogP contribution in [0.15, 0.2) is 45.6 Å². The number of phenols is 1. The number of hydrogen-bond acceptors (Lipinski definition) is 4. The van der Waals surface area contributed by atoms with Crippen molar-refractivity contribution in [1.82, 2.24) is 0 Å². The first-order chi connectivity index (χ1) is 10.5. The molecule has 1 atom stereocenters. The topological polar surface area (TPSA) is 54.9 Å². The summed E-state index contributed by atoms with van der Waals surface area (Å²) in [6.07, 6.45) is 0. The van der Waals surface area contributed by atoms with E-state index in [2.05, 4.69) is 7.05 Å². The van der Waals surface area contributed by atoms with Gasteiger partial charge < -0.3 is 14.4 Å². The third-order valence-electron chi connectivity index (χ3n) is 3.41. The Kier molecular flexibility index (Phi) is 4.20. The first-order valence-electron chi connectivity index (χ1n) is 6.82. The first kappa shape index (κ1) is 15.1. The lowest BCUT2D eigenvalue weighted by Crippen LogP contribution is -3.06. The number of fused-ring (bicyclic) bond motifs is 1. The monoisotopic (exact) mass is 336 g/mol. The van der Waals surface area contributed by atoms with Crippen molar-refractivity contribution in [2.45, 2.75) is 13.1 Å². The van der Waals surface area contributed by atoms with E-state index < -0.39 is 5.63 Å². The fourth-order valence-corrected chi connectivity index (χ4v) is 3.70. The number of thiophene rings is 1. The maximum Gasteiger partial charge on any atom is 0.336 e. The summed E-state index contributed by atoms with van der Waals surface area (Å²) in [5, 5.41) is 10.4. The van der Waals surface area contributed by atoms with E-state index in [1.54, 1.807) is 23.5 Å². The van der Waals surface area contributed by atoms with Crippen LogP contribution >= 0.6 is 22.9 Å². The zero-order chi connectivity index (χ0) is 15.7. The van der Waals surface area contributed by atoms with E-state index in [1.165, 1.54) is 21.9 Å². The van der Waals surface area contributed by atoms with Crippen LogP contribution in [-0.2, 0) is 13.1 Å². The van der Waals surface area contributed by atoms with Crippen LogP contribution in [-0.4, -0.2) is 12.2 Å². The van der Waals surface area contributed by atoms with Crippen molar-refractivity contribution < 1.29 is 14.4 Å². The first-order valence-corrected chi connectivity index (χ1v) is 8.02. The Labute approximate surface area is 136 Å². The van der Waals surface area contributed by atoms with Crippen LogP contribution in [0.1, 0.15) is 10.4 Å². The minimum Gasteiger partial charge on any atom is -0.508 e. The molecule has 0 aliphatic carbocycles. The van der Waals surface area contributed by atoms with Gasteiger partial charge in [0.15, 0.2) is 0 Å². The van der Waals surface area contributed by atoms with Crippen molar-refractivity contribution in [3.05, 3.63) is 61.6 Å². The maximum atomic E-state index is 11.7. The molecule has 2 aromatic heterocycles. The number of rotatable bonds is 4. The summed E-state index contributed by atoms with van der Waals surface area (Å²) < 4.78 is 5.93. The molecule has 3 rings (SSSR count). The van der Waals surface area contributed by atoms with Crippen molar-refractivity contribution in [1.29, 1.82) is 0 Å². The van der Waals surface area contributed by atoms with Gasteiger partial charge in [0.1, 0.15) is 24.4 Å². The minimum atomic E-state index is -0.403. The van der Waals surface area contributed by atoms with E-state index in [1.807, 2.05) is 12.1 Å². The van der Waals surface area contributed by atoms with E-state index in [-0.39, 0.29) is 5.75 Å². The Morgan fingerprint density at radius 1 is 1.23 bits per heavy atom. The molecule has 0 fully saturated rings. The van der Waals surface area contributed by atoms with Gasteiger partial charge in [0.05, 0.1) is 16.3 Å². The quantitative estimate of drug-likeness (QED) is 0.719. The number of quaternary nitrogens is 1. The molecule has 4 nitrogen and oxygen atoms in total. The number of nitrogens with one attached hydrogen (secondary N) is 1. The summed E-state index contributed by atoms with van der Waals surface area (Å²) in [6.45, 7) is 1.51. The highest BCUT2D eigenvalue weighted by molar-refractivity contribution is 7.16. The molecule has 0 saturated heterocycles. The Hall–Kier alpha value is -1.82. The van der Waals surface area contributed by atoms with Crippen molar-refractivity contribution in [3.63, 3.8) is 0 Å². The van der Waals surface area contributed by atoms with Gasteiger partial charge in [0, 0.05) is 23.1 Å². The zero-order valence-corrected chi connectivity index (χ0v) is 13.5. The summed E-state index contributed by atoms with van der Waals surface area (Å²) >= 11 is 7.52. The number of hydrogen-bond donors (Lipinski definition) is 2. The molecule has 0 aliphatic heterocycles. The third kappa shape index (κ3) is 3.32. The van der Waals surface area contributed by atoms with Gasteiger partial charge in [-0.25, -0.2) is 4.79 Å². The highest BCUT2D eigenvalue weighted by atomic mass is 35.5. The summed E-state index contributed by atoms with van der Waals surface area (Å²) in [7, 11) is 2.06. The summed E-state index contributed by atoms with van der Waals surface area (Å²) in [4.78, 5) is 14.1. The van der Waals surface area contributed by atoms with Crippen molar-refractivity contribution in [3.8, 4) is 5.75 Å². The van der Waals surface area contributed by atoms with E-state index in [0.717, 1.165) is 21.8 Å². The standard InChI is InChI=1S/C16H14ClNO3S/c1-18(9-12-3-5-15(17)22-12)8-10-6-16(20)21-14-7-11(19)2-4-13(10)14/h2-7,19H,8-9H2,1H3/p+1. The Morgan fingerprint density at radius 3 is 2.77 bits per heavy atom. The van der Waals surface area contributed by atoms with Gasteiger partial charge in [0.25, 0.3) is 0 Å². The van der Waals surface area contributed by atoms with Gasteiger partial charge in [-0.15, -0.1) is 11.3 Å². The van der Waals surface area contributed by atoms with E-state index in [0.29, 0.717) is 12.1 Å². The number of halogens is 1. The van der Waals surface area contributed by atoms with Crippen LogP contribution in [0.4, 0.5) is 0 Å². The van der Waals surface area contributed by atoms with E-state index in [4.69, 9.17) is 16.0 Å². The Morgan fingerprint density at radius 2 is 2.05 bits per heavy atom. The lowest BCUT2D eigenvalue weighted by Gasteiger charge is -2.14. The van der Waals surface area contributed by atoms with Crippen LogP contribution in [0, 0.1) is 0 Å². The molecule has 2 N–H and O–H groups in total. The molecule has 3 aromatic rings. The van der Waals surface area contributed by atoms with Gasteiger partial charge >= 0.3 is 5.63 Å². The molecule has 22 heavy (non-hydrogen) atoms. The number of aromatic hydroxyl groups is 1. The van der Waals surface area contributed by atoms with Crippen LogP contribution in [0.2, 0.25) is 4.34 Å². The Balaban J connectivity index is 1.88. The smallest absolute Gasteiger partial charge is 0.336 e. The molecule has 114 valence electrons. The lowest BCUT2D eigenvalue weighted by molar-refractivity contribution is -0.907. The molecule has 1 aromatic carbocycles. The van der Waals surface area contributed by atoms with Crippen molar-refractivity contribution in [2.75, 3.05) is 7.05 Å². The van der Waals surface area contributed by atoms with Gasteiger partial charge in [-0.05, 0) is 24.3 Å². The molecule has 0 spiro atoms. The zero-order valence-electron chi connectivity index (χ0n) is 11.9. The van der Waals surface area contributed by atoms with Crippen molar-refractivity contribution in [2.24, 2.45) is 0 Å². The molecule has 1 unspecified atom stereocenters. The predicted molar refractivity (Wildman–Crippen MR) is 87.8 cm³/mol. The number of benzene rings is 1. The van der Waals surface area contributed by atoms with Gasteiger partial charge in [-0.3, -0.25) is 0 Å². The third-order valence-corrected chi connectivity index (χ3v) is 4.64. The molecule has 0 saturated carbocycles. The summed E-state index contributed by atoms with van der Waals surface area (Å²) in [6, 6.07) is 10.3. The normalized spacial score (nSPS) is 12.6. The van der Waals surface area contributed by atoms with E-state index >= 15 is 0 Å². The Bertz CT molecular complexity index is 871. The minimum absolute atomic E-state index is 0.0849. The fraction of sp³-hybridized carbons (Fsp3) is 0.188.